The molecule has 3 amide bonds. The van der Waals surface area contributed by atoms with E-state index in [-0.39, 0.29) is 35.2 Å². The van der Waals surface area contributed by atoms with Crippen molar-refractivity contribution in [2.75, 3.05) is 32.7 Å². The maximum absolute atomic E-state index is 13.1. The van der Waals surface area contributed by atoms with Gasteiger partial charge in [-0.1, -0.05) is 20.8 Å². The second-order valence-corrected chi connectivity index (χ2v) is 9.42. The SMILES string of the molecule is CC(=O)N1CC(N(C(=O)CC(C)(C)C)C2CC2)CC1C(=O)N1CCNCC1. The summed E-state index contributed by atoms with van der Waals surface area (Å²) >= 11 is 0. The molecule has 7 heteroatoms. The number of rotatable bonds is 4. The Bertz CT molecular complexity index is 591. The maximum atomic E-state index is 13.1. The minimum atomic E-state index is -0.436. The second kappa shape index (κ2) is 7.78. The van der Waals surface area contributed by atoms with Gasteiger partial charge >= 0.3 is 0 Å². The van der Waals surface area contributed by atoms with Crippen molar-refractivity contribution < 1.29 is 14.4 Å². The van der Waals surface area contributed by atoms with E-state index < -0.39 is 6.04 Å². The van der Waals surface area contributed by atoms with E-state index in [1.165, 1.54) is 6.92 Å². The summed E-state index contributed by atoms with van der Waals surface area (Å²) in [5, 5.41) is 3.25. The summed E-state index contributed by atoms with van der Waals surface area (Å²) in [5.41, 5.74) is -0.0703. The molecule has 1 N–H and O–H groups in total. The van der Waals surface area contributed by atoms with Crippen LogP contribution in [-0.2, 0) is 14.4 Å². The molecule has 0 spiro atoms. The lowest BCUT2D eigenvalue weighted by Gasteiger charge is -2.32. The number of likely N-dealkylation sites (tertiary alicyclic amines) is 1. The van der Waals surface area contributed by atoms with Crippen molar-refractivity contribution in [1.82, 2.24) is 20.0 Å². The van der Waals surface area contributed by atoms with Gasteiger partial charge in [-0.3, -0.25) is 14.4 Å². The predicted molar refractivity (Wildman–Crippen MR) is 103 cm³/mol. The Morgan fingerprint density at radius 3 is 2.22 bits per heavy atom. The van der Waals surface area contributed by atoms with Crippen LogP contribution in [-0.4, -0.2) is 83.3 Å². The van der Waals surface area contributed by atoms with Crippen LogP contribution in [0.1, 0.15) is 53.4 Å². The summed E-state index contributed by atoms with van der Waals surface area (Å²) < 4.78 is 0. The molecule has 3 aliphatic rings. The van der Waals surface area contributed by atoms with E-state index in [0.717, 1.165) is 25.9 Å². The first-order valence-electron chi connectivity index (χ1n) is 10.3. The average molecular weight is 379 g/mol. The van der Waals surface area contributed by atoms with Gasteiger partial charge in [-0.2, -0.15) is 0 Å². The van der Waals surface area contributed by atoms with Crippen LogP contribution >= 0.6 is 0 Å². The number of nitrogens with zero attached hydrogens (tertiary/aromatic N) is 3. The van der Waals surface area contributed by atoms with Gasteiger partial charge in [0.15, 0.2) is 0 Å². The fourth-order valence-corrected chi connectivity index (χ4v) is 4.30. The van der Waals surface area contributed by atoms with Gasteiger partial charge in [-0.05, 0) is 24.7 Å². The molecular weight excluding hydrogens is 344 g/mol. The Morgan fingerprint density at radius 1 is 1.07 bits per heavy atom. The zero-order valence-corrected chi connectivity index (χ0v) is 17.2. The van der Waals surface area contributed by atoms with E-state index >= 15 is 0 Å². The molecule has 2 aliphatic heterocycles. The molecule has 1 saturated carbocycles. The van der Waals surface area contributed by atoms with Gasteiger partial charge in [-0.25, -0.2) is 0 Å². The van der Waals surface area contributed by atoms with Crippen molar-refractivity contribution in [1.29, 1.82) is 0 Å². The molecule has 0 aromatic carbocycles. The molecule has 2 unspecified atom stereocenters. The van der Waals surface area contributed by atoms with Crippen molar-refractivity contribution in [3.8, 4) is 0 Å². The molecule has 3 fully saturated rings. The number of carbonyl (C=O) groups excluding carboxylic acids is 3. The fourth-order valence-electron chi connectivity index (χ4n) is 4.30. The number of piperazine rings is 1. The summed E-state index contributed by atoms with van der Waals surface area (Å²) in [6, 6.07) is -0.200. The largest absolute Gasteiger partial charge is 0.338 e. The van der Waals surface area contributed by atoms with Gasteiger partial charge in [0, 0.05) is 52.1 Å². The molecule has 0 aromatic heterocycles. The normalized spacial score (nSPS) is 26.2. The highest BCUT2D eigenvalue weighted by Gasteiger charge is 2.47. The Hall–Kier alpha value is -1.63. The monoisotopic (exact) mass is 378 g/mol. The van der Waals surface area contributed by atoms with E-state index in [2.05, 4.69) is 26.1 Å². The third-order valence-electron chi connectivity index (χ3n) is 5.70. The van der Waals surface area contributed by atoms with Crippen molar-refractivity contribution in [2.24, 2.45) is 5.41 Å². The third-order valence-corrected chi connectivity index (χ3v) is 5.70. The first kappa shape index (κ1) is 20.1. The van der Waals surface area contributed by atoms with Crippen molar-refractivity contribution in [3.05, 3.63) is 0 Å². The van der Waals surface area contributed by atoms with Crippen LogP contribution < -0.4 is 5.32 Å². The number of nitrogens with one attached hydrogen (secondary N) is 1. The Labute approximate surface area is 162 Å². The highest BCUT2D eigenvalue weighted by atomic mass is 16.2. The smallest absolute Gasteiger partial charge is 0.245 e. The third kappa shape index (κ3) is 4.81. The van der Waals surface area contributed by atoms with E-state index in [4.69, 9.17) is 0 Å². The molecule has 7 nitrogen and oxygen atoms in total. The molecule has 2 heterocycles. The summed E-state index contributed by atoms with van der Waals surface area (Å²) in [6.45, 7) is 11.2. The topological polar surface area (TPSA) is 73.0 Å². The summed E-state index contributed by atoms with van der Waals surface area (Å²) in [7, 11) is 0. The van der Waals surface area contributed by atoms with Crippen LogP contribution in [0, 0.1) is 5.41 Å². The first-order valence-corrected chi connectivity index (χ1v) is 10.3. The van der Waals surface area contributed by atoms with Gasteiger partial charge in [0.05, 0.1) is 6.04 Å². The fraction of sp³-hybridized carbons (Fsp3) is 0.850. The van der Waals surface area contributed by atoms with Crippen LogP contribution in [0.3, 0.4) is 0 Å². The van der Waals surface area contributed by atoms with Gasteiger partial charge in [0.2, 0.25) is 17.7 Å². The summed E-state index contributed by atoms with van der Waals surface area (Å²) in [5.74, 6) is 0.118. The lowest BCUT2D eigenvalue weighted by Crippen LogP contribution is -2.53. The minimum absolute atomic E-state index is 0.0354. The van der Waals surface area contributed by atoms with Crippen molar-refractivity contribution in [3.63, 3.8) is 0 Å². The van der Waals surface area contributed by atoms with Gasteiger partial charge in [0.25, 0.3) is 0 Å². The number of hydrogen-bond acceptors (Lipinski definition) is 4. The molecular formula is C20H34N4O3. The Morgan fingerprint density at radius 2 is 1.70 bits per heavy atom. The van der Waals surface area contributed by atoms with Crippen molar-refractivity contribution in [2.45, 2.75) is 71.5 Å². The van der Waals surface area contributed by atoms with E-state index in [9.17, 15) is 14.4 Å². The highest BCUT2D eigenvalue weighted by molar-refractivity contribution is 5.88. The lowest BCUT2D eigenvalue weighted by atomic mass is 9.91. The number of amides is 3. The standard InChI is InChI=1S/C20H34N4O3/c1-14(25)23-13-16(11-17(23)19(27)22-9-7-21-8-10-22)24(15-5-6-15)18(26)12-20(2,3)4/h15-17,21H,5-13H2,1-4H3. The maximum Gasteiger partial charge on any atom is 0.245 e. The van der Waals surface area contributed by atoms with Crippen LogP contribution in [0.4, 0.5) is 0 Å². The quantitative estimate of drug-likeness (QED) is 0.787. The first-order chi connectivity index (χ1) is 12.7. The molecule has 0 aromatic rings. The van der Waals surface area contributed by atoms with Gasteiger partial charge in [0.1, 0.15) is 6.04 Å². The molecule has 1 aliphatic carbocycles. The van der Waals surface area contributed by atoms with Crippen LogP contribution in [0.25, 0.3) is 0 Å². The molecule has 0 radical (unpaired) electrons. The van der Waals surface area contributed by atoms with Crippen LogP contribution in [0.5, 0.6) is 0 Å². The molecule has 27 heavy (non-hydrogen) atoms. The van der Waals surface area contributed by atoms with Gasteiger partial charge in [-0.15, -0.1) is 0 Å². The molecule has 2 atom stereocenters. The van der Waals surface area contributed by atoms with Crippen LogP contribution in [0.15, 0.2) is 0 Å². The average Bonchev–Trinajstić information content (AvgIpc) is 3.31. The second-order valence-electron chi connectivity index (χ2n) is 9.42. The lowest BCUT2D eigenvalue weighted by molar-refractivity contribution is -0.143. The number of carbonyl (C=O) groups is 3. The van der Waals surface area contributed by atoms with E-state index in [0.29, 0.717) is 32.5 Å². The molecule has 152 valence electrons. The summed E-state index contributed by atoms with van der Waals surface area (Å²) in [4.78, 5) is 43.9. The van der Waals surface area contributed by atoms with Gasteiger partial charge < -0.3 is 20.0 Å². The molecule has 0 bridgehead atoms. The van der Waals surface area contributed by atoms with Crippen molar-refractivity contribution >= 4 is 17.7 Å². The number of hydrogen-bond donors (Lipinski definition) is 1. The zero-order valence-electron chi connectivity index (χ0n) is 17.2. The Kier molecular flexibility index (Phi) is 5.79. The van der Waals surface area contributed by atoms with Crippen LogP contribution in [0.2, 0.25) is 0 Å². The minimum Gasteiger partial charge on any atom is -0.338 e. The van der Waals surface area contributed by atoms with E-state index in [1.54, 1.807) is 4.90 Å². The highest BCUT2D eigenvalue weighted by Crippen LogP contribution is 2.35. The molecule has 2 saturated heterocycles. The predicted octanol–water partition coefficient (Wildman–Crippen LogP) is 0.835. The van der Waals surface area contributed by atoms with E-state index in [1.807, 2.05) is 9.80 Å². The zero-order chi connectivity index (χ0) is 19.8. The summed E-state index contributed by atoms with van der Waals surface area (Å²) in [6.07, 6.45) is 3.12. The molecule has 3 rings (SSSR count). The Balaban J connectivity index is 1.74.